The van der Waals surface area contributed by atoms with Gasteiger partial charge >= 0.3 is 0 Å². The van der Waals surface area contributed by atoms with E-state index in [2.05, 4.69) is 59.8 Å². The van der Waals surface area contributed by atoms with E-state index in [0.717, 1.165) is 50.0 Å². The lowest BCUT2D eigenvalue weighted by molar-refractivity contribution is -0.374. The van der Waals surface area contributed by atoms with Gasteiger partial charge < -0.3 is 64.5 Å². The number of allylic oxidation sites excluding steroid dienone is 5. The molecule has 0 amide bonds. The van der Waals surface area contributed by atoms with E-state index in [-0.39, 0.29) is 28.8 Å². The van der Waals surface area contributed by atoms with Gasteiger partial charge in [-0.3, -0.25) is 0 Å². The maximum absolute atomic E-state index is 11.2. The number of fused-ring (bicyclic) bond motifs is 6. The average molecular weight is 753 g/mol. The second-order valence-corrected chi connectivity index (χ2v) is 17.7. The summed E-state index contributed by atoms with van der Waals surface area (Å²) in [5.74, 6) is 3.13. The average Bonchev–Trinajstić information content (AvgIpc) is 3.28. The smallest absolute Gasteiger partial charge is 0.187 e. The van der Waals surface area contributed by atoms with Crippen molar-refractivity contribution in [3.63, 3.8) is 0 Å². The molecule has 2 bridgehead atoms. The third-order valence-electron chi connectivity index (χ3n) is 13.7. The first-order chi connectivity index (χ1) is 25.0. The Morgan fingerprint density at radius 2 is 1.45 bits per heavy atom. The highest BCUT2D eigenvalue weighted by atomic mass is 16.8. The van der Waals surface area contributed by atoms with Crippen molar-refractivity contribution >= 4 is 0 Å². The minimum Gasteiger partial charge on any atom is -0.462 e. The third-order valence-corrected chi connectivity index (χ3v) is 13.7. The van der Waals surface area contributed by atoms with Crippen LogP contribution >= 0.6 is 0 Å². The SMILES string of the molecule is CC(C)CC(O)C[C@@H](C)[C@H]1CC=C2C3=CC[C@H]4[C@H](C)[C@@H](O[C@@H]5O[C@H](CO)[C@H](O)[C@H](O)[C@H]5O[C@@H]5O[C@H](CO)[C@H](O)[C@H](O)[C@H]5O)CC[C@]4(C)C(=CC[C@@]21C)O3. The molecule has 0 aromatic rings. The Labute approximate surface area is 313 Å². The standard InChI is InChI=1S/C40H64O13/c1-19(2)15-22(43)16-20(3)23-7-8-25-27-10-9-24-21(4)26(11-13-40(24,6)30(49-27)12-14-39(23,25)5)50-38-36(34(47)32(45)29(18-42)52-38)53-37-35(48)33(46)31(44)28(17-41)51-37/h8,10,12,19-24,26,28-29,31-38,41-48H,7,9,11,13-18H2,1-6H3/t20-,21+,22?,23-,24+,26+,28-,29-,31+,32+,33+,34+,35-,36-,37+,38-,39-,40+/m1/s1. The molecular formula is C40H64O13. The summed E-state index contributed by atoms with van der Waals surface area (Å²) in [7, 11) is 0. The molecule has 2 aliphatic carbocycles. The first-order valence-electron chi connectivity index (χ1n) is 19.8. The second-order valence-electron chi connectivity index (χ2n) is 17.7. The monoisotopic (exact) mass is 752 g/mol. The number of ether oxygens (including phenoxy) is 5. The Kier molecular flexibility index (Phi) is 12.6. The lowest BCUT2D eigenvalue weighted by Crippen LogP contribution is -2.65. The predicted molar refractivity (Wildman–Crippen MR) is 191 cm³/mol. The summed E-state index contributed by atoms with van der Waals surface area (Å²) >= 11 is 0. The van der Waals surface area contributed by atoms with Gasteiger partial charge in [0.2, 0.25) is 0 Å². The predicted octanol–water partition coefficient (Wildman–Crippen LogP) is 2.03. The maximum Gasteiger partial charge on any atom is 0.187 e. The molecule has 0 aromatic carbocycles. The van der Waals surface area contributed by atoms with Crippen molar-refractivity contribution in [2.45, 2.75) is 160 Å². The molecule has 0 aromatic heterocycles. The molecule has 3 fully saturated rings. The Hall–Kier alpha value is -1.46. The largest absolute Gasteiger partial charge is 0.462 e. The highest BCUT2D eigenvalue weighted by Gasteiger charge is 2.56. The van der Waals surface area contributed by atoms with Crippen molar-refractivity contribution in [1.29, 1.82) is 0 Å². The zero-order valence-electron chi connectivity index (χ0n) is 32.0. The van der Waals surface area contributed by atoms with Gasteiger partial charge in [0, 0.05) is 10.8 Å². The maximum atomic E-state index is 11.2. The van der Waals surface area contributed by atoms with Crippen LogP contribution in [0.4, 0.5) is 0 Å². The lowest BCUT2D eigenvalue weighted by atomic mass is 9.59. The highest BCUT2D eigenvalue weighted by Crippen LogP contribution is 2.60. The summed E-state index contributed by atoms with van der Waals surface area (Å²) in [6, 6.07) is 0. The van der Waals surface area contributed by atoms with Gasteiger partial charge in [0.25, 0.3) is 0 Å². The molecule has 302 valence electrons. The first kappa shape index (κ1) is 41.2. The normalized spacial score (nSPS) is 46.9. The molecule has 4 aliphatic heterocycles. The van der Waals surface area contributed by atoms with Gasteiger partial charge in [0.1, 0.15) is 60.4 Å². The van der Waals surface area contributed by atoms with E-state index in [4.69, 9.17) is 23.7 Å². The molecule has 53 heavy (non-hydrogen) atoms. The van der Waals surface area contributed by atoms with Crippen molar-refractivity contribution in [3.8, 4) is 0 Å². The fourth-order valence-corrected chi connectivity index (χ4v) is 10.5. The number of hydrogen-bond donors (Lipinski definition) is 8. The molecule has 18 atom stereocenters. The molecule has 13 heteroatoms. The van der Waals surface area contributed by atoms with E-state index in [1.165, 1.54) is 5.57 Å². The Morgan fingerprint density at radius 3 is 2.11 bits per heavy atom. The van der Waals surface area contributed by atoms with E-state index in [1.807, 2.05) is 0 Å². The molecule has 6 rings (SSSR count). The Balaban J connectivity index is 1.20. The summed E-state index contributed by atoms with van der Waals surface area (Å²) in [5, 5.41) is 83.7. The summed E-state index contributed by atoms with van der Waals surface area (Å²) in [5.41, 5.74) is 0.834. The van der Waals surface area contributed by atoms with Crippen molar-refractivity contribution in [1.82, 2.24) is 0 Å². The first-order valence-corrected chi connectivity index (χ1v) is 19.8. The second kappa shape index (κ2) is 16.2. The summed E-state index contributed by atoms with van der Waals surface area (Å²) in [6.45, 7) is 12.0. The third kappa shape index (κ3) is 7.68. The minimum atomic E-state index is -1.75. The molecular weight excluding hydrogens is 688 g/mol. The van der Waals surface area contributed by atoms with E-state index in [9.17, 15) is 40.9 Å². The fraction of sp³-hybridized carbons (Fsp3) is 0.850. The lowest BCUT2D eigenvalue weighted by Gasteiger charge is -2.50. The molecule has 13 nitrogen and oxygen atoms in total. The van der Waals surface area contributed by atoms with Crippen LogP contribution in [-0.2, 0) is 23.7 Å². The molecule has 0 spiro atoms. The van der Waals surface area contributed by atoms with Gasteiger partial charge in [-0.2, -0.15) is 0 Å². The Morgan fingerprint density at radius 1 is 0.792 bits per heavy atom. The van der Waals surface area contributed by atoms with Crippen LogP contribution in [0.5, 0.6) is 0 Å². The van der Waals surface area contributed by atoms with Crippen LogP contribution in [0, 0.1) is 40.4 Å². The van der Waals surface area contributed by atoms with Gasteiger partial charge in [0.05, 0.1) is 25.4 Å². The molecule has 1 unspecified atom stereocenters. The van der Waals surface area contributed by atoms with Gasteiger partial charge in [-0.15, -0.1) is 0 Å². The van der Waals surface area contributed by atoms with Gasteiger partial charge in [-0.1, -0.05) is 47.6 Å². The van der Waals surface area contributed by atoms with Gasteiger partial charge in [-0.05, 0) is 92.3 Å². The number of hydrogen-bond acceptors (Lipinski definition) is 13. The highest BCUT2D eigenvalue weighted by molar-refractivity contribution is 5.42. The van der Waals surface area contributed by atoms with E-state index >= 15 is 0 Å². The van der Waals surface area contributed by atoms with Crippen LogP contribution in [0.3, 0.4) is 0 Å². The summed E-state index contributed by atoms with van der Waals surface area (Å²) in [4.78, 5) is 0. The zero-order chi connectivity index (χ0) is 38.6. The minimum absolute atomic E-state index is 0.0389. The van der Waals surface area contributed by atoms with Crippen molar-refractivity contribution < 1.29 is 64.5 Å². The topological polar surface area (TPSA) is 208 Å². The van der Waals surface area contributed by atoms with Crippen LogP contribution < -0.4 is 0 Å². The van der Waals surface area contributed by atoms with Crippen LogP contribution in [0.15, 0.2) is 35.3 Å². The van der Waals surface area contributed by atoms with Crippen LogP contribution in [0.2, 0.25) is 0 Å². The number of rotatable bonds is 11. The van der Waals surface area contributed by atoms with Crippen molar-refractivity contribution in [2.24, 2.45) is 40.4 Å². The Bertz CT molecular complexity index is 1370. The summed E-state index contributed by atoms with van der Waals surface area (Å²) < 4.78 is 30.9. The molecule has 4 heterocycles. The molecule has 1 saturated carbocycles. The van der Waals surface area contributed by atoms with E-state index < -0.39 is 80.7 Å². The fourth-order valence-electron chi connectivity index (χ4n) is 10.5. The van der Waals surface area contributed by atoms with E-state index in [0.29, 0.717) is 24.2 Å². The molecule has 2 saturated heterocycles. The summed E-state index contributed by atoms with van der Waals surface area (Å²) in [6.07, 6.45) is -3.41. The van der Waals surface area contributed by atoms with Crippen molar-refractivity contribution in [2.75, 3.05) is 13.2 Å². The van der Waals surface area contributed by atoms with Crippen LogP contribution in [-0.4, -0.2) is 128 Å². The van der Waals surface area contributed by atoms with Gasteiger partial charge in [0.15, 0.2) is 12.6 Å². The number of aliphatic hydroxyl groups is 8. The van der Waals surface area contributed by atoms with Crippen LogP contribution in [0.25, 0.3) is 0 Å². The quantitative estimate of drug-likeness (QED) is 0.152. The number of aliphatic hydroxyl groups excluding tert-OH is 8. The van der Waals surface area contributed by atoms with Gasteiger partial charge in [-0.25, -0.2) is 0 Å². The van der Waals surface area contributed by atoms with Crippen molar-refractivity contribution in [3.05, 3.63) is 35.3 Å². The van der Waals surface area contributed by atoms with Crippen LogP contribution in [0.1, 0.15) is 86.5 Å². The molecule has 6 aliphatic rings. The zero-order valence-corrected chi connectivity index (χ0v) is 32.0. The molecule has 8 N–H and O–H groups in total. The molecule has 0 radical (unpaired) electrons. The van der Waals surface area contributed by atoms with E-state index in [1.54, 1.807) is 0 Å².